The van der Waals surface area contributed by atoms with E-state index in [0.717, 1.165) is 6.92 Å². The summed E-state index contributed by atoms with van der Waals surface area (Å²) < 4.78 is 27.0. The lowest BCUT2D eigenvalue weighted by molar-refractivity contribution is -0.148. The van der Waals surface area contributed by atoms with Crippen LogP contribution in [0.5, 0.6) is 0 Å². The molecule has 1 saturated heterocycles. The molecule has 0 saturated carbocycles. The van der Waals surface area contributed by atoms with Gasteiger partial charge in [-0.2, -0.15) is 0 Å². The van der Waals surface area contributed by atoms with E-state index in [2.05, 4.69) is 5.32 Å². The third-order valence-electron chi connectivity index (χ3n) is 2.39. The Morgan fingerprint density at radius 1 is 1.42 bits per heavy atom. The molecule has 9 heteroatoms. The monoisotopic (exact) mass is 296 g/mol. The molecule has 1 heterocycles. The topological polar surface area (TPSA) is 136 Å². The minimum absolute atomic E-state index is 0.241. The fourth-order valence-corrected chi connectivity index (χ4v) is 2.44. The average molecular weight is 296 g/mol. The molecule has 0 aromatic carbocycles. The quantitative estimate of drug-likeness (QED) is 0.563. The molecule has 1 aliphatic rings. The molecule has 0 bridgehead atoms. The first-order chi connectivity index (χ1) is 8.68. The molecule has 1 fully saturated rings. The number of piperidine rings is 1. The number of ether oxygens (including phenoxy) is 1. The van der Waals surface area contributed by atoms with Crippen LogP contribution in [-0.4, -0.2) is 50.4 Å². The Morgan fingerprint density at radius 3 is 2.37 bits per heavy atom. The van der Waals surface area contributed by atoms with Gasteiger partial charge in [-0.05, 0) is 13.3 Å². The van der Waals surface area contributed by atoms with Gasteiger partial charge in [-0.3, -0.25) is 9.59 Å². The lowest BCUT2D eigenvalue weighted by Crippen LogP contribution is -2.48. The maximum Gasteiger partial charge on any atom is 0.310 e. The Labute approximate surface area is 112 Å². The van der Waals surface area contributed by atoms with Crippen LogP contribution in [0.15, 0.2) is 0 Å². The number of nitrogens with two attached hydrogens (primary N) is 1. The first-order valence-electron chi connectivity index (χ1n) is 5.77. The van der Waals surface area contributed by atoms with Crippen molar-refractivity contribution in [2.75, 3.05) is 19.7 Å². The van der Waals surface area contributed by atoms with Crippen LogP contribution in [-0.2, 0) is 24.3 Å². The van der Waals surface area contributed by atoms with Crippen molar-refractivity contribution in [3.05, 3.63) is 0 Å². The zero-order valence-corrected chi connectivity index (χ0v) is 11.8. The van der Waals surface area contributed by atoms with Crippen molar-refractivity contribution in [1.82, 2.24) is 5.32 Å². The van der Waals surface area contributed by atoms with E-state index < -0.39 is 27.2 Å². The summed E-state index contributed by atoms with van der Waals surface area (Å²) >= 11 is 0. The molecule has 4 N–H and O–H groups in total. The van der Waals surface area contributed by atoms with Gasteiger partial charge in [0.15, 0.2) is 0 Å². The Morgan fingerprint density at radius 2 is 1.95 bits per heavy atom. The molecule has 8 nitrogen and oxygen atoms in total. The van der Waals surface area contributed by atoms with Gasteiger partial charge in [0.05, 0.1) is 17.8 Å². The van der Waals surface area contributed by atoms with Crippen LogP contribution in [0.25, 0.3) is 0 Å². The molecule has 0 amide bonds. The summed E-state index contributed by atoms with van der Waals surface area (Å²) in [5.41, 5.74) is 0. The Balaban J connectivity index is 0.000000711. The maximum atomic E-state index is 11.4. The molecule has 0 radical (unpaired) electrons. The van der Waals surface area contributed by atoms with Crippen LogP contribution >= 0.6 is 0 Å². The molecular weight excluding hydrogens is 276 g/mol. The fourth-order valence-electron chi connectivity index (χ4n) is 1.59. The highest BCUT2D eigenvalue weighted by Crippen LogP contribution is 2.16. The van der Waals surface area contributed by atoms with E-state index in [9.17, 15) is 13.2 Å². The second-order valence-electron chi connectivity index (χ2n) is 4.07. The SMILES string of the molecule is CC(=O)O.CCOC(=O)[C@H]1CNC[C@@H](S(N)(=O)=O)C1. The molecule has 0 aromatic rings. The van der Waals surface area contributed by atoms with Crippen molar-refractivity contribution < 1.29 is 27.9 Å². The largest absolute Gasteiger partial charge is 0.481 e. The predicted molar refractivity (Wildman–Crippen MR) is 67.8 cm³/mol. The van der Waals surface area contributed by atoms with E-state index >= 15 is 0 Å². The first kappa shape index (κ1) is 17.8. The highest BCUT2D eigenvalue weighted by atomic mass is 32.2. The number of esters is 1. The zero-order valence-electron chi connectivity index (χ0n) is 11.0. The lowest BCUT2D eigenvalue weighted by Gasteiger charge is -2.26. The third-order valence-corrected chi connectivity index (χ3v) is 3.68. The fraction of sp³-hybridized carbons (Fsp3) is 0.800. The molecular formula is C10H20N2O6S. The molecule has 112 valence electrons. The lowest BCUT2D eigenvalue weighted by atomic mass is 10.00. The number of carboxylic acid groups (broad SMARTS) is 1. The van der Waals surface area contributed by atoms with E-state index in [0.29, 0.717) is 19.7 Å². The summed E-state index contributed by atoms with van der Waals surface area (Å²) in [6.45, 7) is 3.85. The van der Waals surface area contributed by atoms with Gasteiger partial charge >= 0.3 is 5.97 Å². The number of sulfonamides is 1. The number of hydrogen-bond acceptors (Lipinski definition) is 6. The van der Waals surface area contributed by atoms with E-state index in [1.165, 1.54) is 0 Å². The third kappa shape index (κ3) is 7.75. The number of rotatable bonds is 3. The summed E-state index contributed by atoms with van der Waals surface area (Å²) in [4.78, 5) is 20.4. The number of hydrogen-bond donors (Lipinski definition) is 3. The minimum atomic E-state index is -3.58. The van der Waals surface area contributed by atoms with Crippen LogP contribution in [0.1, 0.15) is 20.3 Å². The van der Waals surface area contributed by atoms with Crippen molar-refractivity contribution in [2.24, 2.45) is 11.1 Å². The summed E-state index contributed by atoms with van der Waals surface area (Å²) in [5.74, 6) is -1.61. The Hall–Kier alpha value is -1.19. The normalized spacial score (nSPS) is 22.9. The Bertz CT molecular complexity index is 404. The second-order valence-corrected chi connectivity index (χ2v) is 5.92. The van der Waals surface area contributed by atoms with Gasteiger partial charge in [0, 0.05) is 20.0 Å². The summed E-state index contributed by atoms with van der Waals surface area (Å²) in [7, 11) is -3.58. The molecule has 0 unspecified atom stereocenters. The van der Waals surface area contributed by atoms with Crippen LogP contribution < -0.4 is 10.5 Å². The zero-order chi connectivity index (χ0) is 15.1. The van der Waals surface area contributed by atoms with E-state index in [4.69, 9.17) is 19.8 Å². The van der Waals surface area contributed by atoms with Crippen LogP contribution in [0.3, 0.4) is 0 Å². The van der Waals surface area contributed by atoms with Gasteiger partial charge in [0.2, 0.25) is 10.0 Å². The number of carboxylic acids is 1. The van der Waals surface area contributed by atoms with Crippen molar-refractivity contribution in [3.63, 3.8) is 0 Å². The molecule has 1 aliphatic heterocycles. The van der Waals surface area contributed by atoms with Crippen LogP contribution in [0.2, 0.25) is 0 Å². The number of aliphatic carboxylic acids is 1. The molecule has 0 aromatic heterocycles. The standard InChI is InChI=1S/C8H16N2O4S.C2H4O2/c1-2-14-8(11)6-3-7(5-10-4-6)15(9,12)13;1-2(3)4/h6-7,10H,2-5H2,1H3,(H2,9,12,13);1H3,(H,3,4)/t6-,7+;/m1./s1. The summed E-state index contributed by atoms with van der Waals surface area (Å²) in [6.07, 6.45) is 0.241. The van der Waals surface area contributed by atoms with E-state index in [1.54, 1.807) is 6.92 Å². The molecule has 0 spiro atoms. The number of carbonyl (C=O) groups excluding carboxylic acids is 1. The van der Waals surface area contributed by atoms with Crippen molar-refractivity contribution in [2.45, 2.75) is 25.5 Å². The summed E-state index contributed by atoms with van der Waals surface area (Å²) in [6, 6.07) is 0. The van der Waals surface area contributed by atoms with Crippen molar-refractivity contribution in [1.29, 1.82) is 0 Å². The highest BCUT2D eigenvalue weighted by molar-refractivity contribution is 7.89. The molecule has 2 atom stereocenters. The number of primary sulfonamides is 1. The van der Waals surface area contributed by atoms with Gasteiger partial charge < -0.3 is 15.2 Å². The van der Waals surface area contributed by atoms with Gasteiger partial charge in [-0.15, -0.1) is 0 Å². The highest BCUT2D eigenvalue weighted by Gasteiger charge is 2.33. The smallest absolute Gasteiger partial charge is 0.310 e. The first-order valence-corrected chi connectivity index (χ1v) is 7.37. The van der Waals surface area contributed by atoms with Crippen molar-refractivity contribution in [3.8, 4) is 0 Å². The van der Waals surface area contributed by atoms with Gasteiger partial charge in [-0.1, -0.05) is 0 Å². The minimum Gasteiger partial charge on any atom is -0.481 e. The van der Waals surface area contributed by atoms with E-state index in [1.807, 2.05) is 0 Å². The van der Waals surface area contributed by atoms with E-state index in [-0.39, 0.29) is 12.4 Å². The Kier molecular flexibility index (Phi) is 7.57. The molecule has 19 heavy (non-hydrogen) atoms. The molecule has 1 rings (SSSR count). The van der Waals surface area contributed by atoms with Gasteiger partial charge in [-0.25, -0.2) is 13.6 Å². The van der Waals surface area contributed by atoms with Crippen molar-refractivity contribution >= 4 is 22.0 Å². The molecule has 0 aliphatic carbocycles. The predicted octanol–water partition coefficient (Wildman–Crippen LogP) is -1.09. The maximum absolute atomic E-state index is 11.4. The number of carbonyl (C=O) groups is 2. The van der Waals surface area contributed by atoms with Gasteiger partial charge in [0.25, 0.3) is 5.97 Å². The van der Waals surface area contributed by atoms with Crippen LogP contribution in [0, 0.1) is 5.92 Å². The average Bonchev–Trinajstić information content (AvgIpc) is 2.27. The van der Waals surface area contributed by atoms with Gasteiger partial charge in [0.1, 0.15) is 0 Å². The summed E-state index contributed by atoms with van der Waals surface area (Å²) in [5, 5.41) is 14.6. The number of nitrogens with one attached hydrogen (secondary N) is 1. The van der Waals surface area contributed by atoms with Crippen LogP contribution in [0.4, 0.5) is 0 Å². The second kappa shape index (κ2) is 8.08.